The second kappa shape index (κ2) is 8.31. The maximum atomic E-state index is 3.64. The summed E-state index contributed by atoms with van der Waals surface area (Å²) in [4.78, 5) is 2.34. The fourth-order valence-electron chi connectivity index (χ4n) is 3.06. The van der Waals surface area contributed by atoms with Crippen molar-refractivity contribution in [3.05, 3.63) is 29.8 Å². The molecule has 0 bridgehead atoms. The summed E-state index contributed by atoms with van der Waals surface area (Å²) in [5.41, 5.74) is 2.74. The summed E-state index contributed by atoms with van der Waals surface area (Å²) in [5.74, 6) is 0.929. The largest absolute Gasteiger partial charge is 0.373 e. The van der Waals surface area contributed by atoms with Gasteiger partial charge in [-0.2, -0.15) is 0 Å². The standard InChI is InChI=1S/C18H30N2/c1-3-16-9-11-18(12-10-16)20(2)14-13-19-15-17-7-5-4-6-8-17/h9-12,17,19H,3-8,13-15H2,1-2H3. The monoisotopic (exact) mass is 274 g/mol. The molecular formula is C18H30N2. The van der Waals surface area contributed by atoms with Crippen LogP contribution in [0.1, 0.15) is 44.6 Å². The van der Waals surface area contributed by atoms with Gasteiger partial charge in [0, 0.05) is 25.8 Å². The molecule has 1 aliphatic carbocycles. The first kappa shape index (κ1) is 15.4. The van der Waals surface area contributed by atoms with E-state index in [0.717, 1.165) is 25.4 Å². The molecule has 0 heterocycles. The van der Waals surface area contributed by atoms with Gasteiger partial charge in [0.2, 0.25) is 0 Å². The number of nitrogens with zero attached hydrogens (tertiary/aromatic N) is 1. The van der Waals surface area contributed by atoms with Crippen molar-refractivity contribution in [2.24, 2.45) is 5.92 Å². The van der Waals surface area contributed by atoms with Crippen LogP contribution in [0.4, 0.5) is 5.69 Å². The van der Waals surface area contributed by atoms with Crippen LogP contribution in [0.15, 0.2) is 24.3 Å². The second-order valence-corrected chi connectivity index (χ2v) is 6.15. The van der Waals surface area contributed by atoms with Crippen molar-refractivity contribution in [1.29, 1.82) is 0 Å². The summed E-state index contributed by atoms with van der Waals surface area (Å²) in [6.45, 7) is 5.58. The summed E-state index contributed by atoms with van der Waals surface area (Å²) < 4.78 is 0. The van der Waals surface area contributed by atoms with Gasteiger partial charge >= 0.3 is 0 Å². The first-order valence-corrected chi connectivity index (χ1v) is 8.30. The summed E-state index contributed by atoms with van der Waals surface area (Å²) in [5, 5.41) is 3.64. The Hall–Kier alpha value is -1.02. The molecule has 0 aromatic heterocycles. The van der Waals surface area contributed by atoms with E-state index in [4.69, 9.17) is 0 Å². The summed E-state index contributed by atoms with van der Waals surface area (Å²) in [6.07, 6.45) is 8.31. The lowest BCUT2D eigenvalue weighted by molar-refractivity contribution is 0.343. The van der Waals surface area contributed by atoms with Gasteiger partial charge in [-0.15, -0.1) is 0 Å². The molecule has 0 atom stereocenters. The highest BCUT2D eigenvalue weighted by atomic mass is 15.1. The van der Waals surface area contributed by atoms with E-state index in [0.29, 0.717) is 0 Å². The molecule has 1 aliphatic rings. The van der Waals surface area contributed by atoms with Gasteiger partial charge in [0.05, 0.1) is 0 Å². The van der Waals surface area contributed by atoms with Gasteiger partial charge < -0.3 is 10.2 Å². The van der Waals surface area contributed by atoms with Crippen molar-refractivity contribution in [3.8, 4) is 0 Å². The first-order chi connectivity index (χ1) is 9.79. The predicted molar refractivity (Wildman–Crippen MR) is 88.5 cm³/mol. The van der Waals surface area contributed by atoms with Gasteiger partial charge in [0.15, 0.2) is 0 Å². The quantitative estimate of drug-likeness (QED) is 0.760. The third-order valence-corrected chi connectivity index (χ3v) is 4.57. The van der Waals surface area contributed by atoms with E-state index in [1.807, 2.05) is 0 Å². The molecule has 20 heavy (non-hydrogen) atoms. The summed E-state index contributed by atoms with van der Waals surface area (Å²) in [7, 11) is 2.18. The highest BCUT2D eigenvalue weighted by Gasteiger charge is 2.12. The zero-order valence-electron chi connectivity index (χ0n) is 13.2. The number of hydrogen-bond donors (Lipinski definition) is 1. The van der Waals surface area contributed by atoms with Crippen LogP contribution in [0.25, 0.3) is 0 Å². The van der Waals surface area contributed by atoms with E-state index in [1.165, 1.54) is 49.9 Å². The van der Waals surface area contributed by atoms with Gasteiger partial charge in [-0.25, -0.2) is 0 Å². The Morgan fingerprint density at radius 1 is 1.10 bits per heavy atom. The Balaban J connectivity index is 1.64. The molecule has 1 N–H and O–H groups in total. The SMILES string of the molecule is CCc1ccc(N(C)CCNCC2CCCCC2)cc1. The molecule has 0 saturated heterocycles. The molecule has 2 rings (SSSR count). The second-order valence-electron chi connectivity index (χ2n) is 6.15. The minimum atomic E-state index is 0.929. The molecule has 0 aliphatic heterocycles. The van der Waals surface area contributed by atoms with E-state index in [9.17, 15) is 0 Å². The number of likely N-dealkylation sites (N-methyl/N-ethyl adjacent to an activating group) is 1. The topological polar surface area (TPSA) is 15.3 Å². The van der Waals surface area contributed by atoms with E-state index >= 15 is 0 Å². The van der Waals surface area contributed by atoms with Crippen molar-refractivity contribution < 1.29 is 0 Å². The lowest BCUT2D eigenvalue weighted by Crippen LogP contribution is -2.32. The molecule has 112 valence electrons. The van der Waals surface area contributed by atoms with E-state index in [2.05, 4.69) is 48.5 Å². The fraction of sp³-hybridized carbons (Fsp3) is 0.667. The van der Waals surface area contributed by atoms with Crippen molar-refractivity contribution in [1.82, 2.24) is 5.32 Å². The Morgan fingerprint density at radius 3 is 2.45 bits per heavy atom. The molecule has 2 heteroatoms. The van der Waals surface area contributed by atoms with Crippen LogP contribution in [0.2, 0.25) is 0 Å². The zero-order chi connectivity index (χ0) is 14.2. The normalized spacial score (nSPS) is 16.3. The van der Waals surface area contributed by atoms with Crippen LogP contribution in [0, 0.1) is 5.92 Å². The van der Waals surface area contributed by atoms with Crippen LogP contribution in [-0.2, 0) is 6.42 Å². The average molecular weight is 274 g/mol. The zero-order valence-corrected chi connectivity index (χ0v) is 13.2. The lowest BCUT2D eigenvalue weighted by Gasteiger charge is -2.23. The number of hydrogen-bond acceptors (Lipinski definition) is 2. The number of nitrogens with one attached hydrogen (secondary N) is 1. The highest BCUT2D eigenvalue weighted by molar-refractivity contribution is 5.46. The van der Waals surface area contributed by atoms with Gasteiger partial charge in [-0.05, 0) is 49.4 Å². The molecule has 1 fully saturated rings. The average Bonchev–Trinajstić information content (AvgIpc) is 2.52. The molecule has 0 spiro atoms. The minimum absolute atomic E-state index is 0.929. The van der Waals surface area contributed by atoms with Gasteiger partial charge in [0.25, 0.3) is 0 Å². The number of benzene rings is 1. The minimum Gasteiger partial charge on any atom is -0.373 e. The third-order valence-electron chi connectivity index (χ3n) is 4.57. The van der Waals surface area contributed by atoms with Crippen LogP contribution >= 0.6 is 0 Å². The van der Waals surface area contributed by atoms with Gasteiger partial charge in [0.1, 0.15) is 0 Å². The Labute approximate surface area is 124 Å². The van der Waals surface area contributed by atoms with Crippen molar-refractivity contribution >= 4 is 5.69 Å². The molecule has 1 aromatic carbocycles. The Kier molecular flexibility index (Phi) is 6.38. The maximum absolute atomic E-state index is 3.64. The van der Waals surface area contributed by atoms with Crippen molar-refractivity contribution in [3.63, 3.8) is 0 Å². The molecule has 0 unspecified atom stereocenters. The van der Waals surface area contributed by atoms with Gasteiger partial charge in [-0.1, -0.05) is 38.3 Å². The highest BCUT2D eigenvalue weighted by Crippen LogP contribution is 2.22. The molecular weight excluding hydrogens is 244 g/mol. The van der Waals surface area contributed by atoms with Crippen molar-refractivity contribution in [2.45, 2.75) is 45.4 Å². The van der Waals surface area contributed by atoms with Crippen molar-refractivity contribution in [2.75, 3.05) is 31.6 Å². The van der Waals surface area contributed by atoms with E-state index in [-0.39, 0.29) is 0 Å². The summed E-state index contributed by atoms with van der Waals surface area (Å²) in [6, 6.07) is 8.95. The fourth-order valence-corrected chi connectivity index (χ4v) is 3.06. The lowest BCUT2D eigenvalue weighted by atomic mass is 9.89. The van der Waals surface area contributed by atoms with E-state index in [1.54, 1.807) is 0 Å². The van der Waals surface area contributed by atoms with Crippen LogP contribution in [0.5, 0.6) is 0 Å². The first-order valence-electron chi connectivity index (χ1n) is 8.30. The molecule has 0 radical (unpaired) electrons. The molecule has 0 amide bonds. The smallest absolute Gasteiger partial charge is 0.0364 e. The Bertz CT molecular complexity index is 366. The van der Waals surface area contributed by atoms with Crippen LogP contribution < -0.4 is 10.2 Å². The summed E-state index contributed by atoms with van der Waals surface area (Å²) >= 11 is 0. The number of anilines is 1. The van der Waals surface area contributed by atoms with Gasteiger partial charge in [-0.3, -0.25) is 0 Å². The van der Waals surface area contributed by atoms with Crippen LogP contribution in [-0.4, -0.2) is 26.7 Å². The molecule has 1 aromatic rings. The number of rotatable bonds is 7. The van der Waals surface area contributed by atoms with Crippen LogP contribution in [0.3, 0.4) is 0 Å². The molecule has 2 nitrogen and oxygen atoms in total. The Morgan fingerprint density at radius 2 is 1.80 bits per heavy atom. The number of aryl methyl sites for hydroxylation is 1. The predicted octanol–water partition coefficient (Wildman–Crippen LogP) is 3.86. The molecule has 1 saturated carbocycles. The maximum Gasteiger partial charge on any atom is 0.0364 e. The van der Waals surface area contributed by atoms with E-state index < -0.39 is 0 Å². The third kappa shape index (κ3) is 4.82.